The van der Waals surface area contributed by atoms with Crippen LogP contribution in [-0.2, 0) is 0 Å². The maximum Gasteiger partial charge on any atom is 0.225 e. The van der Waals surface area contributed by atoms with Crippen molar-refractivity contribution in [2.45, 2.75) is 37.6 Å². The van der Waals surface area contributed by atoms with Gasteiger partial charge < -0.3 is 16.0 Å². The summed E-state index contributed by atoms with van der Waals surface area (Å²) in [4.78, 5) is 9.38. The van der Waals surface area contributed by atoms with Gasteiger partial charge in [0, 0.05) is 35.7 Å². The lowest BCUT2D eigenvalue weighted by molar-refractivity contribution is 0.631. The summed E-state index contributed by atoms with van der Waals surface area (Å²) in [6.07, 6.45) is 4.94. The Morgan fingerprint density at radius 2 is 2.04 bits per heavy atom. The zero-order valence-corrected chi connectivity index (χ0v) is 14.6. The van der Waals surface area contributed by atoms with Crippen molar-refractivity contribution in [3.63, 3.8) is 0 Å². The van der Waals surface area contributed by atoms with Crippen LogP contribution >= 0.6 is 0 Å². The lowest BCUT2D eigenvalue weighted by Crippen LogP contribution is -2.29. The molecule has 1 unspecified atom stereocenters. The van der Waals surface area contributed by atoms with E-state index in [0.717, 1.165) is 35.6 Å². The summed E-state index contributed by atoms with van der Waals surface area (Å²) in [6, 6.07) is 10.6. The van der Waals surface area contributed by atoms with E-state index in [1.165, 1.54) is 31.4 Å². The van der Waals surface area contributed by atoms with Crippen LogP contribution in [0.5, 0.6) is 0 Å². The summed E-state index contributed by atoms with van der Waals surface area (Å²) in [5.74, 6) is 2.89. The number of hydrogen-bond acceptors (Lipinski definition) is 6. The van der Waals surface area contributed by atoms with E-state index in [0.29, 0.717) is 17.9 Å². The molecule has 0 bridgehead atoms. The molecule has 3 aromatic rings. The first kappa shape index (κ1) is 15.6. The molecule has 26 heavy (non-hydrogen) atoms. The first-order chi connectivity index (χ1) is 12.8. The van der Waals surface area contributed by atoms with Gasteiger partial charge in [-0.2, -0.15) is 10.1 Å². The average Bonchev–Trinajstić information content (AvgIpc) is 3.18. The molecule has 1 atom stereocenters. The van der Waals surface area contributed by atoms with Crippen LogP contribution in [0.1, 0.15) is 37.3 Å². The molecule has 2 fully saturated rings. The minimum atomic E-state index is 0.494. The minimum absolute atomic E-state index is 0.494. The van der Waals surface area contributed by atoms with Gasteiger partial charge in [0.1, 0.15) is 5.82 Å². The fourth-order valence-corrected chi connectivity index (χ4v) is 3.52. The van der Waals surface area contributed by atoms with E-state index < -0.39 is 0 Å². The Bertz CT molecular complexity index is 909. The lowest BCUT2D eigenvalue weighted by Gasteiger charge is -2.13. The molecule has 7 nitrogen and oxygen atoms in total. The normalized spacial score (nSPS) is 19.8. The maximum atomic E-state index is 4.71. The summed E-state index contributed by atoms with van der Waals surface area (Å²) in [6.45, 7) is 1.94. The molecule has 0 radical (unpaired) electrons. The van der Waals surface area contributed by atoms with Crippen LogP contribution in [-0.4, -0.2) is 39.3 Å². The fraction of sp³-hybridized carbons (Fsp3) is 0.421. The smallest absolute Gasteiger partial charge is 0.225 e. The molecule has 1 aliphatic heterocycles. The molecule has 1 saturated heterocycles. The molecule has 0 amide bonds. The molecule has 3 heterocycles. The van der Waals surface area contributed by atoms with Gasteiger partial charge >= 0.3 is 0 Å². The van der Waals surface area contributed by atoms with E-state index in [4.69, 9.17) is 4.98 Å². The number of nitrogens with zero attached hydrogens (tertiary/aromatic N) is 3. The molecule has 0 spiro atoms. The van der Waals surface area contributed by atoms with E-state index in [9.17, 15) is 0 Å². The lowest BCUT2D eigenvalue weighted by atomic mass is 10.2. The van der Waals surface area contributed by atoms with Crippen molar-refractivity contribution in [2.24, 2.45) is 0 Å². The Morgan fingerprint density at radius 1 is 1.12 bits per heavy atom. The SMILES string of the molecule is c1ccc2c(Nc3cc(C4CC4)[nH]n3)nc(NCC3CCCN3)nc2c1. The number of aromatic amines is 1. The fourth-order valence-electron chi connectivity index (χ4n) is 3.52. The van der Waals surface area contributed by atoms with E-state index >= 15 is 0 Å². The second-order valence-electron chi connectivity index (χ2n) is 7.19. The molecule has 2 aromatic heterocycles. The van der Waals surface area contributed by atoms with E-state index in [1.54, 1.807) is 0 Å². The Morgan fingerprint density at radius 3 is 2.88 bits per heavy atom. The van der Waals surface area contributed by atoms with Gasteiger partial charge in [0.2, 0.25) is 5.95 Å². The van der Waals surface area contributed by atoms with Crippen LogP contribution < -0.4 is 16.0 Å². The molecule has 134 valence electrons. The van der Waals surface area contributed by atoms with Crippen molar-refractivity contribution in [2.75, 3.05) is 23.7 Å². The number of aromatic nitrogens is 4. The van der Waals surface area contributed by atoms with Gasteiger partial charge in [-0.1, -0.05) is 12.1 Å². The third-order valence-corrected chi connectivity index (χ3v) is 5.13. The molecule has 4 N–H and O–H groups in total. The van der Waals surface area contributed by atoms with Crippen LogP contribution in [0.4, 0.5) is 17.6 Å². The zero-order valence-electron chi connectivity index (χ0n) is 14.6. The average molecular weight is 349 g/mol. The number of H-pyrrole nitrogens is 1. The van der Waals surface area contributed by atoms with Gasteiger partial charge in [-0.25, -0.2) is 4.98 Å². The second kappa shape index (κ2) is 6.57. The van der Waals surface area contributed by atoms with Gasteiger partial charge in [0.05, 0.1) is 5.52 Å². The number of anilines is 3. The summed E-state index contributed by atoms with van der Waals surface area (Å²) >= 11 is 0. The first-order valence-electron chi connectivity index (χ1n) is 9.41. The highest BCUT2D eigenvalue weighted by atomic mass is 15.2. The molecule has 2 aliphatic rings. The summed E-state index contributed by atoms with van der Waals surface area (Å²) in [5.41, 5.74) is 2.13. The highest BCUT2D eigenvalue weighted by Gasteiger charge is 2.25. The maximum absolute atomic E-state index is 4.71. The largest absolute Gasteiger partial charge is 0.353 e. The van der Waals surface area contributed by atoms with Gasteiger partial charge in [0.15, 0.2) is 5.82 Å². The van der Waals surface area contributed by atoms with Crippen molar-refractivity contribution in [3.05, 3.63) is 36.0 Å². The topological polar surface area (TPSA) is 90.5 Å². The van der Waals surface area contributed by atoms with E-state index in [-0.39, 0.29) is 0 Å². The third-order valence-electron chi connectivity index (χ3n) is 5.13. The van der Waals surface area contributed by atoms with Crippen LogP contribution in [0.3, 0.4) is 0 Å². The van der Waals surface area contributed by atoms with Crippen LogP contribution in [0.2, 0.25) is 0 Å². The molecule has 1 saturated carbocycles. The minimum Gasteiger partial charge on any atom is -0.353 e. The van der Waals surface area contributed by atoms with Crippen molar-refractivity contribution in [3.8, 4) is 0 Å². The van der Waals surface area contributed by atoms with E-state index in [1.807, 2.05) is 24.3 Å². The molecular weight excluding hydrogens is 326 g/mol. The Balaban J connectivity index is 1.41. The zero-order chi connectivity index (χ0) is 17.3. The highest BCUT2D eigenvalue weighted by Crippen LogP contribution is 2.39. The predicted octanol–water partition coefficient (Wildman–Crippen LogP) is 3.14. The highest BCUT2D eigenvalue weighted by molar-refractivity contribution is 5.91. The summed E-state index contributed by atoms with van der Waals surface area (Å²) < 4.78 is 0. The third kappa shape index (κ3) is 3.22. The summed E-state index contributed by atoms with van der Waals surface area (Å²) in [7, 11) is 0. The quantitative estimate of drug-likeness (QED) is 0.547. The van der Waals surface area contributed by atoms with E-state index in [2.05, 4.69) is 37.2 Å². The Labute approximate surface area is 152 Å². The predicted molar refractivity (Wildman–Crippen MR) is 103 cm³/mol. The van der Waals surface area contributed by atoms with Crippen LogP contribution in [0.15, 0.2) is 30.3 Å². The number of benzene rings is 1. The van der Waals surface area contributed by atoms with Crippen molar-refractivity contribution >= 4 is 28.5 Å². The van der Waals surface area contributed by atoms with Gasteiger partial charge in [-0.15, -0.1) is 0 Å². The molecule has 1 aromatic carbocycles. The Kier molecular flexibility index (Phi) is 3.93. The first-order valence-corrected chi connectivity index (χ1v) is 9.41. The van der Waals surface area contributed by atoms with Gasteiger partial charge in [0.25, 0.3) is 0 Å². The van der Waals surface area contributed by atoms with Crippen LogP contribution in [0, 0.1) is 0 Å². The second-order valence-corrected chi connectivity index (χ2v) is 7.19. The van der Waals surface area contributed by atoms with Crippen molar-refractivity contribution in [1.82, 2.24) is 25.5 Å². The van der Waals surface area contributed by atoms with Gasteiger partial charge in [-0.3, -0.25) is 5.10 Å². The van der Waals surface area contributed by atoms with Gasteiger partial charge in [-0.05, 0) is 44.4 Å². The number of fused-ring (bicyclic) bond motifs is 1. The molecule has 5 rings (SSSR count). The van der Waals surface area contributed by atoms with Crippen LogP contribution in [0.25, 0.3) is 10.9 Å². The molecular formula is C19H23N7. The van der Waals surface area contributed by atoms with Crippen molar-refractivity contribution < 1.29 is 0 Å². The number of nitrogens with one attached hydrogen (secondary N) is 4. The number of para-hydroxylation sites is 1. The monoisotopic (exact) mass is 349 g/mol. The van der Waals surface area contributed by atoms with Crippen molar-refractivity contribution in [1.29, 1.82) is 0 Å². The number of hydrogen-bond donors (Lipinski definition) is 4. The molecule has 1 aliphatic carbocycles. The summed E-state index contributed by atoms with van der Waals surface area (Å²) in [5, 5.41) is 18.8. The number of rotatable bonds is 6. The molecule has 7 heteroatoms. The Hall–Kier alpha value is -2.67. The standard InChI is InChI=1S/C19H23N7/c1-2-6-15-14(5-1)18(23-17-10-16(25-26-17)12-7-8-12)24-19(22-15)21-11-13-4-3-9-20-13/h1-2,5-6,10,12-13,20H,3-4,7-9,11H2,(H3,21,22,23,24,25,26).